The lowest BCUT2D eigenvalue weighted by Gasteiger charge is -2.36. The third-order valence-electron chi connectivity index (χ3n) is 5.54. The number of hydrogen-bond acceptors (Lipinski definition) is 3. The Balaban J connectivity index is 1.72. The van der Waals surface area contributed by atoms with E-state index in [-0.39, 0.29) is 0 Å². The van der Waals surface area contributed by atoms with Crippen LogP contribution in [0.3, 0.4) is 0 Å². The summed E-state index contributed by atoms with van der Waals surface area (Å²) in [5, 5.41) is 13.2. The van der Waals surface area contributed by atoms with Crippen LogP contribution in [-0.4, -0.2) is 48.8 Å². The Hall–Kier alpha value is -0.120. The van der Waals surface area contributed by atoms with Crippen LogP contribution in [0.5, 0.6) is 0 Å². The molecule has 3 heteroatoms. The maximum Gasteiger partial charge on any atom is 0.0462 e. The van der Waals surface area contributed by atoms with Crippen molar-refractivity contribution in [1.82, 2.24) is 10.2 Å². The van der Waals surface area contributed by atoms with Crippen molar-refractivity contribution in [3.8, 4) is 0 Å². The van der Waals surface area contributed by atoms with Gasteiger partial charge in [-0.1, -0.05) is 13.3 Å². The van der Waals surface area contributed by atoms with Gasteiger partial charge in [-0.15, -0.1) is 0 Å². The summed E-state index contributed by atoms with van der Waals surface area (Å²) < 4.78 is 0. The van der Waals surface area contributed by atoms with Gasteiger partial charge in [-0.2, -0.15) is 0 Å². The SMILES string of the molecule is CCCN1CCCC(C(C)NCC2CCCC2CO)C1. The number of rotatable bonds is 7. The molecule has 0 aromatic rings. The lowest BCUT2D eigenvalue weighted by molar-refractivity contribution is 0.144. The lowest BCUT2D eigenvalue weighted by atomic mass is 9.90. The van der Waals surface area contributed by atoms with Gasteiger partial charge in [-0.25, -0.2) is 0 Å². The minimum absolute atomic E-state index is 0.383. The first-order valence-corrected chi connectivity index (χ1v) is 8.81. The second-order valence-corrected chi connectivity index (χ2v) is 7.03. The predicted octanol–water partition coefficient (Wildman–Crippen LogP) is 2.50. The van der Waals surface area contributed by atoms with Gasteiger partial charge in [0.1, 0.15) is 0 Å². The molecule has 2 rings (SSSR count). The van der Waals surface area contributed by atoms with Gasteiger partial charge in [0.05, 0.1) is 0 Å². The van der Waals surface area contributed by atoms with E-state index in [1.165, 1.54) is 58.2 Å². The fourth-order valence-electron chi connectivity index (χ4n) is 4.15. The van der Waals surface area contributed by atoms with Crippen LogP contribution in [0, 0.1) is 17.8 Å². The zero-order valence-electron chi connectivity index (χ0n) is 13.5. The zero-order valence-corrected chi connectivity index (χ0v) is 13.5. The Labute approximate surface area is 125 Å². The Morgan fingerprint density at radius 1 is 1.20 bits per heavy atom. The summed E-state index contributed by atoms with van der Waals surface area (Å²) in [5.74, 6) is 2.07. The van der Waals surface area contributed by atoms with Crippen LogP contribution in [0.2, 0.25) is 0 Å². The van der Waals surface area contributed by atoms with E-state index in [2.05, 4.69) is 24.1 Å². The molecule has 2 aliphatic rings. The quantitative estimate of drug-likeness (QED) is 0.753. The highest BCUT2D eigenvalue weighted by Gasteiger charge is 2.28. The van der Waals surface area contributed by atoms with E-state index in [0.29, 0.717) is 24.5 Å². The van der Waals surface area contributed by atoms with Crippen molar-refractivity contribution in [1.29, 1.82) is 0 Å². The highest BCUT2D eigenvalue weighted by Crippen LogP contribution is 2.31. The molecule has 118 valence electrons. The van der Waals surface area contributed by atoms with Crippen molar-refractivity contribution < 1.29 is 5.11 Å². The van der Waals surface area contributed by atoms with Crippen LogP contribution < -0.4 is 5.32 Å². The van der Waals surface area contributed by atoms with E-state index in [4.69, 9.17) is 0 Å². The van der Waals surface area contributed by atoms with Gasteiger partial charge in [-0.3, -0.25) is 0 Å². The molecule has 0 aromatic carbocycles. The Morgan fingerprint density at radius 3 is 2.75 bits per heavy atom. The van der Waals surface area contributed by atoms with E-state index in [1.807, 2.05) is 0 Å². The van der Waals surface area contributed by atoms with Gasteiger partial charge in [0.2, 0.25) is 0 Å². The van der Waals surface area contributed by atoms with Gasteiger partial charge in [0.25, 0.3) is 0 Å². The molecule has 1 aliphatic heterocycles. The molecule has 0 radical (unpaired) electrons. The average Bonchev–Trinajstić information content (AvgIpc) is 2.93. The first-order chi connectivity index (χ1) is 9.74. The third kappa shape index (κ3) is 4.44. The average molecular weight is 282 g/mol. The molecule has 1 aliphatic carbocycles. The van der Waals surface area contributed by atoms with Crippen molar-refractivity contribution >= 4 is 0 Å². The molecule has 0 aromatic heterocycles. The van der Waals surface area contributed by atoms with Crippen LogP contribution in [0.25, 0.3) is 0 Å². The van der Waals surface area contributed by atoms with Gasteiger partial charge in [0, 0.05) is 19.2 Å². The standard InChI is InChI=1S/C17H34N2O/c1-3-9-19-10-5-8-16(12-19)14(2)18-11-15-6-4-7-17(15)13-20/h14-18,20H,3-13H2,1-2H3. The molecule has 0 spiro atoms. The molecule has 1 saturated carbocycles. The monoisotopic (exact) mass is 282 g/mol. The van der Waals surface area contributed by atoms with E-state index >= 15 is 0 Å². The second-order valence-electron chi connectivity index (χ2n) is 7.03. The molecule has 0 bridgehead atoms. The van der Waals surface area contributed by atoms with E-state index in [1.54, 1.807) is 0 Å². The molecule has 20 heavy (non-hydrogen) atoms. The number of nitrogens with one attached hydrogen (secondary N) is 1. The Morgan fingerprint density at radius 2 is 2.00 bits per heavy atom. The fraction of sp³-hybridized carbons (Fsp3) is 1.00. The molecule has 4 unspecified atom stereocenters. The predicted molar refractivity (Wildman–Crippen MR) is 84.8 cm³/mol. The van der Waals surface area contributed by atoms with Crippen LogP contribution in [0.1, 0.15) is 52.4 Å². The molecule has 2 fully saturated rings. The van der Waals surface area contributed by atoms with Crippen molar-refractivity contribution in [2.75, 3.05) is 32.8 Å². The number of hydrogen-bond donors (Lipinski definition) is 2. The van der Waals surface area contributed by atoms with Gasteiger partial charge >= 0.3 is 0 Å². The molecule has 0 amide bonds. The van der Waals surface area contributed by atoms with Gasteiger partial charge < -0.3 is 15.3 Å². The van der Waals surface area contributed by atoms with Gasteiger partial charge in [-0.05, 0) is 76.4 Å². The van der Waals surface area contributed by atoms with E-state index in [9.17, 15) is 5.11 Å². The van der Waals surface area contributed by atoms with Crippen molar-refractivity contribution in [2.45, 2.75) is 58.4 Å². The zero-order chi connectivity index (χ0) is 14.4. The molecular formula is C17H34N2O. The first kappa shape index (κ1) is 16.3. The minimum Gasteiger partial charge on any atom is -0.396 e. The maximum absolute atomic E-state index is 9.41. The Kier molecular flexibility index (Phi) is 6.79. The summed E-state index contributed by atoms with van der Waals surface area (Å²) in [4.78, 5) is 2.64. The van der Waals surface area contributed by atoms with Crippen molar-refractivity contribution in [2.24, 2.45) is 17.8 Å². The largest absolute Gasteiger partial charge is 0.396 e. The van der Waals surface area contributed by atoms with Crippen LogP contribution in [0.4, 0.5) is 0 Å². The highest BCUT2D eigenvalue weighted by molar-refractivity contribution is 4.83. The number of nitrogens with zero attached hydrogens (tertiary/aromatic N) is 1. The summed E-state index contributed by atoms with van der Waals surface area (Å²) in [6.07, 6.45) is 7.85. The normalized spacial score (nSPS) is 33.5. The highest BCUT2D eigenvalue weighted by atomic mass is 16.3. The molecule has 1 heterocycles. The number of aliphatic hydroxyl groups is 1. The second kappa shape index (κ2) is 8.35. The number of likely N-dealkylation sites (tertiary alicyclic amines) is 1. The topological polar surface area (TPSA) is 35.5 Å². The molecule has 2 N–H and O–H groups in total. The smallest absolute Gasteiger partial charge is 0.0462 e. The Bertz CT molecular complexity index is 270. The fourth-order valence-corrected chi connectivity index (χ4v) is 4.15. The lowest BCUT2D eigenvalue weighted by Crippen LogP contribution is -2.46. The molecular weight excluding hydrogens is 248 g/mol. The van der Waals surface area contributed by atoms with Crippen LogP contribution in [-0.2, 0) is 0 Å². The molecule has 3 nitrogen and oxygen atoms in total. The van der Waals surface area contributed by atoms with Crippen molar-refractivity contribution in [3.05, 3.63) is 0 Å². The number of piperidine rings is 1. The van der Waals surface area contributed by atoms with Crippen LogP contribution in [0.15, 0.2) is 0 Å². The molecule has 4 atom stereocenters. The first-order valence-electron chi connectivity index (χ1n) is 8.81. The summed E-state index contributed by atoms with van der Waals surface area (Å²) >= 11 is 0. The minimum atomic E-state index is 0.383. The van der Waals surface area contributed by atoms with E-state index in [0.717, 1.165) is 12.5 Å². The summed E-state index contributed by atoms with van der Waals surface area (Å²) in [5.41, 5.74) is 0. The number of aliphatic hydroxyl groups excluding tert-OH is 1. The molecule has 1 saturated heterocycles. The van der Waals surface area contributed by atoms with E-state index < -0.39 is 0 Å². The summed E-state index contributed by atoms with van der Waals surface area (Å²) in [6.45, 7) is 9.97. The van der Waals surface area contributed by atoms with Crippen molar-refractivity contribution in [3.63, 3.8) is 0 Å². The van der Waals surface area contributed by atoms with Crippen LogP contribution >= 0.6 is 0 Å². The summed E-state index contributed by atoms with van der Waals surface area (Å²) in [7, 11) is 0. The third-order valence-corrected chi connectivity index (χ3v) is 5.54. The van der Waals surface area contributed by atoms with Gasteiger partial charge in [0.15, 0.2) is 0 Å². The maximum atomic E-state index is 9.41. The summed E-state index contributed by atoms with van der Waals surface area (Å²) in [6, 6.07) is 0.620.